The van der Waals surface area contributed by atoms with Crippen LogP contribution in [0.1, 0.15) is 21.5 Å². The second kappa shape index (κ2) is 8.21. The van der Waals surface area contributed by atoms with Crippen LogP contribution < -0.4 is 14.2 Å². The van der Waals surface area contributed by atoms with E-state index in [1.165, 1.54) is 0 Å². The summed E-state index contributed by atoms with van der Waals surface area (Å²) in [4.78, 5) is 12.4. The molecule has 0 fully saturated rings. The number of hydrogen-bond donors (Lipinski definition) is 0. The van der Waals surface area contributed by atoms with E-state index in [0.717, 1.165) is 5.56 Å². The van der Waals surface area contributed by atoms with E-state index in [4.69, 9.17) is 14.2 Å². The molecule has 132 valence electrons. The van der Waals surface area contributed by atoms with Crippen molar-refractivity contribution < 1.29 is 19.0 Å². The van der Waals surface area contributed by atoms with E-state index in [1.807, 2.05) is 60.7 Å². The molecule has 0 heterocycles. The minimum Gasteiger partial charge on any atom is -0.493 e. The van der Waals surface area contributed by atoms with Crippen LogP contribution in [0.25, 0.3) is 0 Å². The Hall–Kier alpha value is -3.27. The van der Waals surface area contributed by atoms with Gasteiger partial charge in [-0.3, -0.25) is 4.79 Å². The summed E-state index contributed by atoms with van der Waals surface area (Å²) in [7, 11) is 3.18. The molecule has 0 aliphatic carbocycles. The highest BCUT2D eigenvalue weighted by atomic mass is 16.5. The van der Waals surface area contributed by atoms with E-state index in [-0.39, 0.29) is 5.78 Å². The van der Waals surface area contributed by atoms with Crippen molar-refractivity contribution in [3.63, 3.8) is 0 Å². The number of ketones is 1. The van der Waals surface area contributed by atoms with Crippen molar-refractivity contribution in [2.24, 2.45) is 0 Å². The van der Waals surface area contributed by atoms with Crippen LogP contribution in [0.4, 0.5) is 0 Å². The molecule has 0 radical (unpaired) electrons. The molecule has 0 spiro atoms. The van der Waals surface area contributed by atoms with Crippen molar-refractivity contribution in [2.75, 3.05) is 14.2 Å². The first-order valence-electron chi connectivity index (χ1n) is 8.25. The van der Waals surface area contributed by atoms with Gasteiger partial charge in [-0.2, -0.15) is 0 Å². The maximum atomic E-state index is 12.4. The number of rotatable bonds is 7. The fourth-order valence-electron chi connectivity index (χ4n) is 2.58. The number of ether oxygens (including phenoxy) is 3. The molecule has 0 aromatic heterocycles. The summed E-state index contributed by atoms with van der Waals surface area (Å²) in [5, 5.41) is 0. The largest absolute Gasteiger partial charge is 0.493 e. The van der Waals surface area contributed by atoms with Gasteiger partial charge in [-0.15, -0.1) is 0 Å². The Morgan fingerprint density at radius 1 is 0.769 bits per heavy atom. The second-order valence-corrected chi connectivity index (χ2v) is 5.70. The first-order chi connectivity index (χ1) is 12.7. The van der Waals surface area contributed by atoms with Crippen LogP contribution in [-0.2, 0) is 6.61 Å². The Labute approximate surface area is 153 Å². The van der Waals surface area contributed by atoms with E-state index < -0.39 is 0 Å². The average molecular weight is 348 g/mol. The third kappa shape index (κ3) is 4.03. The molecule has 3 aromatic rings. The highest BCUT2D eigenvalue weighted by molar-refractivity contribution is 6.08. The van der Waals surface area contributed by atoms with Crippen LogP contribution in [0.5, 0.6) is 17.2 Å². The zero-order valence-electron chi connectivity index (χ0n) is 14.8. The van der Waals surface area contributed by atoms with Crippen molar-refractivity contribution in [1.29, 1.82) is 0 Å². The van der Waals surface area contributed by atoms with E-state index in [0.29, 0.717) is 35.0 Å². The van der Waals surface area contributed by atoms with Crippen LogP contribution >= 0.6 is 0 Å². The van der Waals surface area contributed by atoms with Gasteiger partial charge in [0.1, 0.15) is 12.4 Å². The molecule has 3 aromatic carbocycles. The molecule has 26 heavy (non-hydrogen) atoms. The maximum absolute atomic E-state index is 12.4. The van der Waals surface area contributed by atoms with E-state index in [2.05, 4.69) is 0 Å². The molecule has 0 saturated heterocycles. The summed E-state index contributed by atoms with van der Waals surface area (Å²) in [6.45, 7) is 0.398. The molecule has 0 atom stereocenters. The van der Waals surface area contributed by atoms with E-state index in [9.17, 15) is 4.79 Å². The van der Waals surface area contributed by atoms with Crippen molar-refractivity contribution >= 4 is 5.78 Å². The Kier molecular flexibility index (Phi) is 5.54. The summed E-state index contributed by atoms with van der Waals surface area (Å²) in [6.07, 6.45) is 0. The fraction of sp³-hybridized carbons (Fsp3) is 0.136. The third-order valence-corrected chi connectivity index (χ3v) is 4.01. The maximum Gasteiger partial charge on any atom is 0.193 e. The van der Waals surface area contributed by atoms with Crippen molar-refractivity contribution in [2.45, 2.75) is 6.61 Å². The quantitative estimate of drug-likeness (QED) is 0.589. The molecule has 0 aliphatic heterocycles. The number of carbonyl (C=O) groups is 1. The smallest absolute Gasteiger partial charge is 0.193 e. The van der Waals surface area contributed by atoms with Crippen LogP contribution in [0, 0.1) is 0 Å². The van der Waals surface area contributed by atoms with Crippen molar-refractivity contribution in [3.8, 4) is 17.2 Å². The Morgan fingerprint density at radius 2 is 1.42 bits per heavy atom. The van der Waals surface area contributed by atoms with Crippen LogP contribution in [0.15, 0.2) is 72.8 Å². The Bertz CT molecular complexity index is 870. The standard InChI is InChI=1S/C22H20O4/c1-24-20-13-12-19(14-21(20)25-2)26-15-16-8-10-18(11-9-16)22(23)17-6-4-3-5-7-17/h3-14H,15H2,1-2H3. The van der Waals surface area contributed by atoms with Gasteiger partial charge in [-0.05, 0) is 17.7 Å². The van der Waals surface area contributed by atoms with Crippen LogP contribution in [0.3, 0.4) is 0 Å². The second-order valence-electron chi connectivity index (χ2n) is 5.70. The summed E-state index contributed by atoms with van der Waals surface area (Å²) < 4.78 is 16.3. The van der Waals surface area contributed by atoms with Gasteiger partial charge >= 0.3 is 0 Å². The van der Waals surface area contributed by atoms with E-state index in [1.54, 1.807) is 26.4 Å². The molecule has 0 aliphatic rings. The number of benzene rings is 3. The lowest BCUT2D eigenvalue weighted by atomic mass is 10.0. The van der Waals surface area contributed by atoms with Gasteiger partial charge in [0.05, 0.1) is 14.2 Å². The zero-order valence-corrected chi connectivity index (χ0v) is 14.8. The predicted molar refractivity (Wildman–Crippen MR) is 100 cm³/mol. The third-order valence-electron chi connectivity index (χ3n) is 4.01. The number of carbonyl (C=O) groups excluding carboxylic acids is 1. The molecule has 4 nitrogen and oxygen atoms in total. The highest BCUT2D eigenvalue weighted by Gasteiger charge is 2.09. The lowest BCUT2D eigenvalue weighted by Gasteiger charge is -2.11. The normalized spacial score (nSPS) is 10.2. The summed E-state index contributed by atoms with van der Waals surface area (Å²) in [5.74, 6) is 1.97. The minimum absolute atomic E-state index is 0.0120. The minimum atomic E-state index is 0.0120. The van der Waals surface area contributed by atoms with Crippen LogP contribution in [-0.4, -0.2) is 20.0 Å². The van der Waals surface area contributed by atoms with E-state index >= 15 is 0 Å². The molecule has 3 rings (SSSR count). The first-order valence-corrected chi connectivity index (χ1v) is 8.25. The molecular weight excluding hydrogens is 328 g/mol. The molecule has 0 saturated carbocycles. The lowest BCUT2D eigenvalue weighted by Crippen LogP contribution is -2.02. The number of methoxy groups -OCH3 is 2. The van der Waals surface area contributed by atoms with Crippen LogP contribution in [0.2, 0.25) is 0 Å². The molecule has 0 bridgehead atoms. The lowest BCUT2D eigenvalue weighted by molar-refractivity contribution is 0.103. The van der Waals surface area contributed by atoms with Gasteiger partial charge in [-0.25, -0.2) is 0 Å². The zero-order chi connectivity index (χ0) is 18.4. The fourth-order valence-corrected chi connectivity index (χ4v) is 2.58. The average Bonchev–Trinajstić information content (AvgIpc) is 2.72. The molecule has 4 heteroatoms. The first kappa shape index (κ1) is 17.5. The van der Waals surface area contributed by atoms with Gasteiger partial charge < -0.3 is 14.2 Å². The summed E-state index contributed by atoms with van der Waals surface area (Å²) >= 11 is 0. The summed E-state index contributed by atoms with van der Waals surface area (Å²) in [5.41, 5.74) is 2.32. The topological polar surface area (TPSA) is 44.8 Å². The predicted octanol–water partition coefficient (Wildman–Crippen LogP) is 4.51. The van der Waals surface area contributed by atoms with Gasteiger partial charge in [0.25, 0.3) is 0 Å². The van der Waals surface area contributed by atoms with Gasteiger partial charge in [0.15, 0.2) is 17.3 Å². The number of hydrogen-bond acceptors (Lipinski definition) is 4. The summed E-state index contributed by atoms with van der Waals surface area (Å²) in [6, 6.07) is 22.1. The Balaban J connectivity index is 1.66. The van der Waals surface area contributed by atoms with Gasteiger partial charge in [0, 0.05) is 17.2 Å². The molecule has 0 amide bonds. The monoisotopic (exact) mass is 348 g/mol. The Morgan fingerprint density at radius 3 is 2.08 bits per heavy atom. The van der Waals surface area contributed by atoms with Crippen molar-refractivity contribution in [3.05, 3.63) is 89.5 Å². The van der Waals surface area contributed by atoms with Gasteiger partial charge in [0.2, 0.25) is 0 Å². The molecular formula is C22H20O4. The molecule has 0 N–H and O–H groups in total. The highest BCUT2D eigenvalue weighted by Crippen LogP contribution is 2.31. The van der Waals surface area contributed by atoms with Crippen molar-refractivity contribution in [1.82, 2.24) is 0 Å². The van der Waals surface area contributed by atoms with Gasteiger partial charge in [-0.1, -0.05) is 54.6 Å². The SMILES string of the molecule is COc1ccc(OCc2ccc(C(=O)c3ccccc3)cc2)cc1OC. The molecule has 0 unspecified atom stereocenters.